The first-order chi connectivity index (χ1) is 12.3. The molecule has 0 fully saturated rings. The molecule has 0 saturated heterocycles. The zero-order chi connectivity index (χ0) is 17.1. The fourth-order valence-corrected chi connectivity index (χ4v) is 2.78. The van der Waals surface area contributed by atoms with E-state index in [1.54, 1.807) is 13.4 Å². The van der Waals surface area contributed by atoms with Crippen LogP contribution < -0.4 is 10.1 Å². The van der Waals surface area contributed by atoms with Crippen molar-refractivity contribution in [2.24, 2.45) is 0 Å². The van der Waals surface area contributed by atoms with E-state index in [4.69, 9.17) is 4.74 Å². The fraction of sp³-hybridized carbons (Fsp3) is 0.0476. The third-order valence-corrected chi connectivity index (χ3v) is 4.10. The van der Waals surface area contributed by atoms with E-state index in [2.05, 4.69) is 27.4 Å². The van der Waals surface area contributed by atoms with Crippen LogP contribution in [-0.4, -0.2) is 17.1 Å². The second kappa shape index (κ2) is 6.61. The van der Waals surface area contributed by atoms with E-state index in [0.717, 1.165) is 39.3 Å². The van der Waals surface area contributed by atoms with Crippen molar-refractivity contribution in [3.8, 4) is 16.9 Å². The van der Waals surface area contributed by atoms with E-state index in [9.17, 15) is 0 Å². The number of ether oxygens (including phenoxy) is 1. The molecule has 0 aliphatic heterocycles. The summed E-state index contributed by atoms with van der Waals surface area (Å²) in [6.45, 7) is 0. The van der Waals surface area contributed by atoms with E-state index in [0.29, 0.717) is 0 Å². The monoisotopic (exact) mass is 327 g/mol. The highest BCUT2D eigenvalue weighted by molar-refractivity contribution is 5.93. The molecule has 3 aromatic carbocycles. The highest BCUT2D eigenvalue weighted by atomic mass is 16.5. The fourth-order valence-electron chi connectivity index (χ4n) is 2.78. The number of nitrogens with one attached hydrogen (secondary N) is 1. The standard InChI is InChI=1S/C21H17N3O/c1-25-18-10-7-15(8-11-18)16-9-12-20-19(13-16)21(23-14-22-20)24-17-5-3-2-4-6-17/h2-14H,1H3,(H,22,23,24). The van der Waals surface area contributed by atoms with E-state index < -0.39 is 0 Å². The van der Waals surface area contributed by atoms with Crippen LogP contribution in [-0.2, 0) is 0 Å². The minimum atomic E-state index is 0.798. The van der Waals surface area contributed by atoms with Crippen molar-refractivity contribution in [1.82, 2.24) is 9.97 Å². The lowest BCUT2D eigenvalue weighted by Crippen LogP contribution is -1.96. The van der Waals surface area contributed by atoms with E-state index >= 15 is 0 Å². The molecule has 1 N–H and O–H groups in total. The third-order valence-electron chi connectivity index (χ3n) is 4.10. The summed E-state index contributed by atoms with van der Waals surface area (Å²) in [7, 11) is 1.67. The van der Waals surface area contributed by atoms with Gasteiger partial charge >= 0.3 is 0 Å². The Balaban J connectivity index is 1.76. The topological polar surface area (TPSA) is 47.0 Å². The average Bonchev–Trinajstić information content (AvgIpc) is 2.69. The molecule has 4 nitrogen and oxygen atoms in total. The number of benzene rings is 3. The summed E-state index contributed by atoms with van der Waals surface area (Å²) in [5.74, 6) is 1.64. The van der Waals surface area contributed by atoms with E-state index in [1.807, 2.05) is 60.7 Å². The molecule has 0 atom stereocenters. The van der Waals surface area contributed by atoms with Gasteiger partial charge in [-0.25, -0.2) is 9.97 Å². The second-order valence-electron chi connectivity index (χ2n) is 5.67. The molecule has 0 unspecified atom stereocenters. The Morgan fingerprint density at radius 2 is 1.56 bits per heavy atom. The van der Waals surface area contributed by atoms with Crippen molar-refractivity contribution >= 4 is 22.4 Å². The van der Waals surface area contributed by atoms with Crippen molar-refractivity contribution < 1.29 is 4.74 Å². The largest absolute Gasteiger partial charge is 0.497 e. The number of methoxy groups -OCH3 is 1. The van der Waals surface area contributed by atoms with Crippen molar-refractivity contribution in [1.29, 1.82) is 0 Å². The molecular weight excluding hydrogens is 310 g/mol. The molecule has 122 valence electrons. The van der Waals surface area contributed by atoms with Gasteiger partial charge in [0.05, 0.1) is 12.6 Å². The Hall–Kier alpha value is -3.40. The Morgan fingerprint density at radius 1 is 0.800 bits per heavy atom. The summed E-state index contributed by atoms with van der Waals surface area (Å²) in [4.78, 5) is 8.80. The van der Waals surface area contributed by atoms with Crippen LogP contribution in [0.2, 0.25) is 0 Å². The van der Waals surface area contributed by atoms with Gasteiger partial charge in [-0.3, -0.25) is 0 Å². The van der Waals surface area contributed by atoms with Gasteiger partial charge in [-0.05, 0) is 47.5 Å². The molecule has 0 amide bonds. The smallest absolute Gasteiger partial charge is 0.141 e. The van der Waals surface area contributed by atoms with Crippen molar-refractivity contribution in [2.45, 2.75) is 0 Å². The Bertz CT molecular complexity index is 998. The molecule has 25 heavy (non-hydrogen) atoms. The predicted octanol–water partition coefficient (Wildman–Crippen LogP) is 5.05. The molecule has 1 heterocycles. The van der Waals surface area contributed by atoms with Crippen LogP contribution in [0.25, 0.3) is 22.0 Å². The predicted molar refractivity (Wildman–Crippen MR) is 101 cm³/mol. The zero-order valence-electron chi connectivity index (χ0n) is 13.8. The number of para-hydroxylation sites is 1. The quantitative estimate of drug-likeness (QED) is 0.570. The maximum atomic E-state index is 5.23. The average molecular weight is 327 g/mol. The van der Waals surface area contributed by atoms with Gasteiger partial charge in [0.25, 0.3) is 0 Å². The minimum absolute atomic E-state index is 0.798. The summed E-state index contributed by atoms with van der Waals surface area (Å²) in [5, 5.41) is 4.36. The maximum absolute atomic E-state index is 5.23. The Morgan fingerprint density at radius 3 is 2.32 bits per heavy atom. The number of aromatic nitrogens is 2. The summed E-state index contributed by atoms with van der Waals surface area (Å²) < 4.78 is 5.23. The number of anilines is 2. The molecule has 0 bridgehead atoms. The molecule has 0 radical (unpaired) electrons. The highest BCUT2D eigenvalue weighted by Gasteiger charge is 2.07. The Kier molecular flexibility index (Phi) is 4.01. The molecule has 4 aromatic rings. The van der Waals surface area contributed by atoms with Gasteiger partial charge in [-0.15, -0.1) is 0 Å². The van der Waals surface area contributed by atoms with Gasteiger partial charge < -0.3 is 10.1 Å². The molecule has 0 aliphatic rings. The van der Waals surface area contributed by atoms with Gasteiger partial charge in [0.2, 0.25) is 0 Å². The molecular formula is C21H17N3O. The van der Waals surface area contributed by atoms with Crippen LogP contribution in [0.4, 0.5) is 11.5 Å². The summed E-state index contributed by atoms with van der Waals surface area (Å²) in [6, 6.07) is 24.2. The summed E-state index contributed by atoms with van der Waals surface area (Å²) in [6.07, 6.45) is 1.58. The van der Waals surface area contributed by atoms with Gasteiger partial charge in [-0.1, -0.05) is 36.4 Å². The van der Waals surface area contributed by atoms with E-state index in [1.165, 1.54) is 0 Å². The van der Waals surface area contributed by atoms with Crippen molar-refractivity contribution in [2.75, 3.05) is 12.4 Å². The van der Waals surface area contributed by atoms with Crippen LogP contribution in [0.1, 0.15) is 0 Å². The zero-order valence-corrected chi connectivity index (χ0v) is 13.8. The van der Waals surface area contributed by atoms with Crippen LogP contribution in [0.3, 0.4) is 0 Å². The highest BCUT2D eigenvalue weighted by Crippen LogP contribution is 2.29. The normalized spacial score (nSPS) is 10.6. The van der Waals surface area contributed by atoms with E-state index in [-0.39, 0.29) is 0 Å². The molecule has 0 spiro atoms. The van der Waals surface area contributed by atoms with Gasteiger partial charge in [0.1, 0.15) is 17.9 Å². The van der Waals surface area contributed by atoms with Crippen molar-refractivity contribution in [3.05, 3.63) is 79.1 Å². The van der Waals surface area contributed by atoms with Crippen molar-refractivity contribution in [3.63, 3.8) is 0 Å². The first-order valence-electron chi connectivity index (χ1n) is 8.05. The first kappa shape index (κ1) is 15.1. The minimum Gasteiger partial charge on any atom is -0.497 e. The maximum Gasteiger partial charge on any atom is 0.141 e. The molecule has 4 rings (SSSR count). The van der Waals surface area contributed by atoms with Gasteiger partial charge in [0.15, 0.2) is 0 Å². The number of hydrogen-bond acceptors (Lipinski definition) is 4. The number of hydrogen-bond donors (Lipinski definition) is 1. The molecule has 0 aliphatic carbocycles. The third kappa shape index (κ3) is 3.15. The summed E-state index contributed by atoms with van der Waals surface area (Å²) in [5.41, 5.74) is 4.14. The van der Waals surface area contributed by atoms with Crippen LogP contribution >= 0.6 is 0 Å². The molecule has 4 heteroatoms. The van der Waals surface area contributed by atoms with Crippen LogP contribution in [0.5, 0.6) is 5.75 Å². The number of fused-ring (bicyclic) bond motifs is 1. The van der Waals surface area contributed by atoms with Crippen LogP contribution in [0, 0.1) is 0 Å². The lowest BCUT2D eigenvalue weighted by Gasteiger charge is -2.10. The van der Waals surface area contributed by atoms with Gasteiger partial charge in [-0.2, -0.15) is 0 Å². The van der Waals surface area contributed by atoms with Crippen LogP contribution in [0.15, 0.2) is 79.1 Å². The number of rotatable bonds is 4. The van der Waals surface area contributed by atoms with Gasteiger partial charge in [0, 0.05) is 11.1 Å². The summed E-state index contributed by atoms with van der Waals surface area (Å²) >= 11 is 0. The lowest BCUT2D eigenvalue weighted by molar-refractivity contribution is 0.415. The Labute approximate surface area is 146 Å². The molecule has 1 aromatic heterocycles. The lowest BCUT2D eigenvalue weighted by atomic mass is 10.0. The molecule has 0 saturated carbocycles. The number of nitrogens with zero attached hydrogens (tertiary/aromatic N) is 2. The second-order valence-corrected chi connectivity index (χ2v) is 5.67. The first-order valence-corrected chi connectivity index (χ1v) is 8.05. The SMILES string of the molecule is COc1ccc(-c2ccc3ncnc(Nc4ccccc4)c3c2)cc1.